The molecule has 4 heteroatoms. The topological polar surface area (TPSA) is 41.6 Å². The molecule has 4 nitrogen and oxygen atoms in total. The molecule has 0 saturated heterocycles. The Hall–Kier alpha value is -0.610. The molecule has 0 fully saturated rings. The minimum atomic E-state index is -0.653. The van der Waals surface area contributed by atoms with Gasteiger partial charge in [-0.25, -0.2) is 0 Å². The minimum absolute atomic E-state index is 0.202. The summed E-state index contributed by atoms with van der Waals surface area (Å²) in [6.07, 6.45) is 2.29. The predicted octanol–water partition coefficient (Wildman–Crippen LogP) is 2.04. The van der Waals surface area contributed by atoms with Gasteiger partial charge in [0, 0.05) is 18.6 Å². The summed E-state index contributed by atoms with van der Waals surface area (Å²) in [6.45, 7) is 11.0. The van der Waals surface area contributed by atoms with Gasteiger partial charge in [-0.2, -0.15) is 0 Å². The largest absolute Gasteiger partial charge is 0.468 e. The van der Waals surface area contributed by atoms with Crippen LogP contribution >= 0.6 is 0 Å². The van der Waals surface area contributed by atoms with Crippen LogP contribution in [-0.4, -0.2) is 49.2 Å². The highest BCUT2D eigenvalue weighted by atomic mass is 16.5. The highest BCUT2D eigenvalue weighted by Gasteiger charge is 2.36. The standard InChI is InChI=1S/C14H30N2O2/c1-8-9-12(4)16(6)10-14(5,13(17)18-7)15-11(2)3/h11-12,15H,8-10H2,1-7H3. The van der Waals surface area contributed by atoms with Crippen molar-refractivity contribution in [2.24, 2.45) is 0 Å². The van der Waals surface area contributed by atoms with Gasteiger partial charge >= 0.3 is 5.97 Å². The Morgan fingerprint density at radius 2 is 1.94 bits per heavy atom. The van der Waals surface area contributed by atoms with Crippen LogP contribution < -0.4 is 5.32 Å². The molecule has 0 aromatic heterocycles. The van der Waals surface area contributed by atoms with Crippen LogP contribution in [-0.2, 0) is 9.53 Å². The lowest BCUT2D eigenvalue weighted by molar-refractivity contribution is -0.149. The van der Waals surface area contributed by atoms with Gasteiger partial charge in [-0.15, -0.1) is 0 Å². The normalized spacial score (nSPS) is 16.7. The monoisotopic (exact) mass is 258 g/mol. The molecule has 18 heavy (non-hydrogen) atoms. The maximum absolute atomic E-state index is 12.0. The number of ether oxygens (including phenoxy) is 1. The maximum atomic E-state index is 12.0. The predicted molar refractivity (Wildman–Crippen MR) is 75.7 cm³/mol. The molecular weight excluding hydrogens is 228 g/mol. The number of nitrogens with zero attached hydrogens (tertiary/aromatic N) is 1. The van der Waals surface area contributed by atoms with Crippen molar-refractivity contribution >= 4 is 5.97 Å². The van der Waals surface area contributed by atoms with Gasteiger partial charge in [0.15, 0.2) is 0 Å². The molecule has 0 bridgehead atoms. The fraction of sp³-hybridized carbons (Fsp3) is 0.929. The summed E-state index contributed by atoms with van der Waals surface area (Å²) >= 11 is 0. The fourth-order valence-electron chi connectivity index (χ4n) is 2.32. The van der Waals surface area contributed by atoms with E-state index >= 15 is 0 Å². The van der Waals surface area contributed by atoms with Crippen molar-refractivity contribution in [3.05, 3.63) is 0 Å². The van der Waals surface area contributed by atoms with Crippen molar-refractivity contribution < 1.29 is 9.53 Å². The number of hydrogen-bond donors (Lipinski definition) is 1. The zero-order valence-corrected chi connectivity index (χ0v) is 13.0. The van der Waals surface area contributed by atoms with E-state index in [-0.39, 0.29) is 12.0 Å². The fourth-order valence-corrected chi connectivity index (χ4v) is 2.32. The van der Waals surface area contributed by atoms with E-state index in [0.717, 1.165) is 12.8 Å². The van der Waals surface area contributed by atoms with E-state index < -0.39 is 5.54 Å². The van der Waals surface area contributed by atoms with Crippen LogP contribution in [0, 0.1) is 0 Å². The third-order valence-electron chi connectivity index (χ3n) is 3.27. The van der Waals surface area contributed by atoms with E-state index in [1.165, 1.54) is 7.11 Å². The van der Waals surface area contributed by atoms with Crippen molar-refractivity contribution in [1.82, 2.24) is 10.2 Å². The number of esters is 1. The highest BCUT2D eigenvalue weighted by Crippen LogP contribution is 2.13. The molecule has 0 radical (unpaired) electrons. The number of carbonyl (C=O) groups is 1. The summed E-state index contributed by atoms with van der Waals surface area (Å²) in [5.74, 6) is -0.202. The molecule has 2 unspecified atom stereocenters. The zero-order chi connectivity index (χ0) is 14.3. The second-order valence-electron chi connectivity index (χ2n) is 5.68. The van der Waals surface area contributed by atoms with Crippen molar-refractivity contribution in [2.75, 3.05) is 20.7 Å². The SMILES string of the molecule is CCCC(C)N(C)CC(C)(NC(C)C)C(=O)OC. The first-order valence-corrected chi connectivity index (χ1v) is 6.83. The highest BCUT2D eigenvalue weighted by molar-refractivity contribution is 5.80. The molecule has 0 aromatic carbocycles. The molecule has 0 aliphatic rings. The number of carbonyl (C=O) groups excluding carboxylic acids is 1. The van der Waals surface area contributed by atoms with Gasteiger partial charge in [-0.05, 0) is 41.2 Å². The van der Waals surface area contributed by atoms with Crippen LogP contribution in [0.2, 0.25) is 0 Å². The second-order valence-corrected chi connectivity index (χ2v) is 5.68. The van der Waals surface area contributed by atoms with E-state index in [4.69, 9.17) is 4.74 Å². The quantitative estimate of drug-likeness (QED) is 0.677. The molecule has 0 aromatic rings. The first-order valence-electron chi connectivity index (χ1n) is 6.83. The number of rotatable bonds is 8. The van der Waals surface area contributed by atoms with E-state index in [1.807, 2.05) is 20.8 Å². The van der Waals surface area contributed by atoms with Gasteiger partial charge in [0.1, 0.15) is 5.54 Å². The average Bonchev–Trinajstić information content (AvgIpc) is 2.26. The Balaban J connectivity index is 4.73. The summed E-state index contributed by atoms with van der Waals surface area (Å²) in [6, 6.07) is 0.705. The minimum Gasteiger partial charge on any atom is -0.468 e. The third-order valence-corrected chi connectivity index (χ3v) is 3.27. The Morgan fingerprint density at radius 3 is 2.33 bits per heavy atom. The van der Waals surface area contributed by atoms with Gasteiger partial charge in [-0.3, -0.25) is 10.1 Å². The maximum Gasteiger partial charge on any atom is 0.327 e. The van der Waals surface area contributed by atoms with Crippen LogP contribution in [0.25, 0.3) is 0 Å². The van der Waals surface area contributed by atoms with Crippen LogP contribution in [0.3, 0.4) is 0 Å². The summed E-state index contributed by atoms with van der Waals surface area (Å²) in [7, 11) is 3.50. The van der Waals surface area contributed by atoms with Crippen molar-refractivity contribution in [3.63, 3.8) is 0 Å². The van der Waals surface area contributed by atoms with E-state index in [1.54, 1.807) is 0 Å². The molecule has 0 saturated carbocycles. The van der Waals surface area contributed by atoms with Crippen molar-refractivity contribution in [2.45, 2.75) is 65.1 Å². The molecular formula is C14H30N2O2. The van der Waals surface area contributed by atoms with E-state index in [9.17, 15) is 4.79 Å². The van der Waals surface area contributed by atoms with Gasteiger partial charge in [-0.1, -0.05) is 13.3 Å². The number of methoxy groups -OCH3 is 1. The molecule has 0 amide bonds. The van der Waals surface area contributed by atoms with Gasteiger partial charge in [0.25, 0.3) is 0 Å². The van der Waals surface area contributed by atoms with E-state index in [2.05, 4.69) is 31.1 Å². The molecule has 2 atom stereocenters. The van der Waals surface area contributed by atoms with Crippen LogP contribution in [0.4, 0.5) is 0 Å². The van der Waals surface area contributed by atoms with Crippen LogP contribution in [0.15, 0.2) is 0 Å². The molecule has 0 spiro atoms. The summed E-state index contributed by atoms with van der Waals surface area (Å²) in [4.78, 5) is 14.2. The number of nitrogens with one attached hydrogen (secondary N) is 1. The summed E-state index contributed by atoms with van der Waals surface area (Å²) in [5.41, 5.74) is -0.653. The Morgan fingerprint density at radius 1 is 1.39 bits per heavy atom. The second kappa shape index (κ2) is 7.74. The molecule has 0 rings (SSSR count). The molecule has 1 N–H and O–H groups in total. The molecule has 108 valence electrons. The van der Waals surface area contributed by atoms with Gasteiger partial charge in [0.05, 0.1) is 7.11 Å². The number of likely N-dealkylation sites (N-methyl/N-ethyl adjacent to an activating group) is 1. The average molecular weight is 258 g/mol. The van der Waals surface area contributed by atoms with Crippen LogP contribution in [0.5, 0.6) is 0 Å². The van der Waals surface area contributed by atoms with Crippen LogP contribution in [0.1, 0.15) is 47.5 Å². The summed E-state index contributed by atoms with van der Waals surface area (Å²) in [5, 5.41) is 3.32. The lowest BCUT2D eigenvalue weighted by Gasteiger charge is -2.36. The molecule has 0 aliphatic carbocycles. The lowest BCUT2D eigenvalue weighted by atomic mass is 9.99. The Bertz CT molecular complexity index is 256. The summed E-state index contributed by atoms with van der Waals surface area (Å²) < 4.78 is 4.93. The molecule has 0 aliphatic heterocycles. The van der Waals surface area contributed by atoms with Gasteiger partial charge < -0.3 is 9.64 Å². The van der Waals surface area contributed by atoms with Gasteiger partial charge in [0.2, 0.25) is 0 Å². The first kappa shape index (κ1) is 17.4. The zero-order valence-electron chi connectivity index (χ0n) is 13.0. The smallest absolute Gasteiger partial charge is 0.327 e. The van der Waals surface area contributed by atoms with E-state index in [0.29, 0.717) is 12.6 Å². The first-order chi connectivity index (χ1) is 8.26. The Labute approximate surface area is 112 Å². The molecule has 0 heterocycles. The number of hydrogen-bond acceptors (Lipinski definition) is 4. The Kier molecular flexibility index (Phi) is 7.48. The third kappa shape index (κ3) is 5.36. The lowest BCUT2D eigenvalue weighted by Crippen LogP contribution is -2.59. The van der Waals surface area contributed by atoms with Crippen molar-refractivity contribution in [1.29, 1.82) is 0 Å². The van der Waals surface area contributed by atoms with Crippen molar-refractivity contribution in [3.8, 4) is 0 Å².